The summed E-state index contributed by atoms with van der Waals surface area (Å²) in [6.07, 6.45) is 0.730. The fourth-order valence-electron chi connectivity index (χ4n) is 1.52. The van der Waals surface area contributed by atoms with Crippen LogP contribution in [0.15, 0.2) is 42.5 Å². The lowest BCUT2D eigenvalue weighted by atomic mass is 10.2. The topological polar surface area (TPSA) is 26.3 Å². The van der Waals surface area contributed by atoms with Gasteiger partial charge in [0, 0.05) is 0 Å². The van der Waals surface area contributed by atoms with Crippen LogP contribution in [0.5, 0.6) is 11.5 Å². The van der Waals surface area contributed by atoms with Crippen molar-refractivity contribution in [3.05, 3.63) is 59.4 Å². The Bertz CT molecular complexity index is 550. The summed E-state index contributed by atoms with van der Waals surface area (Å²) in [5.74, 6) is 0.705. The van der Waals surface area contributed by atoms with Crippen LogP contribution in [0, 0.1) is 12.7 Å². The Kier molecular flexibility index (Phi) is 3.19. The Hall–Kier alpha value is -2.16. The van der Waals surface area contributed by atoms with Crippen molar-refractivity contribution in [2.24, 2.45) is 0 Å². The molecule has 17 heavy (non-hydrogen) atoms. The van der Waals surface area contributed by atoms with Gasteiger partial charge in [0.25, 0.3) is 0 Å². The maximum atomic E-state index is 12.9. The molecular formula is C14H11FO2. The van der Waals surface area contributed by atoms with Gasteiger partial charge in [-0.1, -0.05) is 12.1 Å². The number of benzene rings is 2. The smallest absolute Gasteiger partial charge is 0.153 e. The molecule has 0 atom stereocenters. The maximum Gasteiger partial charge on any atom is 0.153 e. The summed E-state index contributed by atoms with van der Waals surface area (Å²) < 4.78 is 18.5. The predicted octanol–water partition coefficient (Wildman–Crippen LogP) is 3.74. The van der Waals surface area contributed by atoms with E-state index in [1.54, 1.807) is 37.3 Å². The van der Waals surface area contributed by atoms with Crippen molar-refractivity contribution in [3.8, 4) is 11.5 Å². The first-order chi connectivity index (χ1) is 8.20. The van der Waals surface area contributed by atoms with Gasteiger partial charge in [-0.25, -0.2) is 4.39 Å². The second-order valence-electron chi connectivity index (χ2n) is 3.67. The Balaban J connectivity index is 2.34. The van der Waals surface area contributed by atoms with Crippen LogP contribution >= 0.6 is 0 Å². The number of aldehydes is 1. The zero-order valence-electron chi connectivity index (χ0n) is 9.31. The molecule has 0 fully saturated rings. The second-order valence-corrected chi connectivity index (χ2v) is 3.67. The predicted molar refractivity (Wildman–Crippen MR) is 63.0 cm³/mol. The Morgan fingerprint density at radius 2 is 1.88 bits per heavy atom. The van der Waals surface area contributed by atoms with Gasteiger partial charge < -0.3 is 4.74 Å². The normalized spacial score (nSPS) is 10.0. The molecule has 0 bridgehead atoms. The number of rotatable bonds is 3. The van der Waals surface area contributed by atoms with E-state index in [4.69, 9.17) is 4.74 Å². The highest BCUT2D eigenvalue weighted by molar-refractivity contribution is 5.79. The highest BCUT2D eigenvalue weighted by atomic mass is 19.1. The number of para-hydroxylation sites is 1. The number of hydrogen-bond donors (Lipinski definition) is 0. The van der Waals surface area contributed by atoms with Crippen molar-refractivity contribution >= 4 is 6.29 Å². The van der Waals surface area contributed by atoms with Crippen LogP contribution in [0.25, 0.3) is 0 Å². The second kappa shape index (κ2) is 4.78. The third-order valence-corrected chi connectivity index (χ3v) is 2.40. The molecule has 0 aliphatic carbocycles. The van der Waals surface area contributed by atoms with Gasteiger partial charge in [-0.05, 0) is 42.8 Å². The van der Waals surface area contributed by atoms with Gasteiger partial charge in [0.05, 0.1) is 5.56 Å². The van der Waals surface area contributed by atoms with Crippen LogP contribution in [0.1, 0.15) is 15.9 Å². The molecule has 2 aromatic carbocycles. The summed E-state index contributed by atoms with van der Waals surface area (Å²) in [6, 6.07) is 11.2. The van der Waals surface area contributed by atoms with Crippen molar-refractivity contribution in [3.63, 3.8) is 0 Å². The van der Waals surface area contributed by atoms with Gasteiger partial charge in [0.2, 0.25) is 0 Å². The molecule has 2 rings (SSSR count). The zero-order valence-corrected chi connectivity index (χ0v) is 9.31. The molecule has 0 aliphatic rings. The molecule has 0 aliphatic heterocycles. The average Bonchev–Trinajstić information content (AvgIpc) is 2.33. The monoisotopic (exact) mass is 230 g/mol. The highest BCUT2D eigenvalue weighted by Crippen LogP contribution is 2.27. The number of hydrogen-bond acceptors (Lipinski definition) is 2. The lowest BCUT2D eigenvalue weighted by Crippen LogP contribution is -1.92. The molecule has 86 valence electrons. The van der Waals surface area contributed by atoms with Gasteiger partial charge in [-0.15, -0.1) is 0 Å². The number of aryl methyl sites for hydroxylation is 1. The van der Waals surface area contributed by atoms with Crippen molar-refractivity contribution in [2.75, 3.05) is 0 Å². The molecule has 0 unspecified atom stereocenters. The van der Waals surface area contributed by atoms with Crippen LogP contribution in [0.3, 0.4) is 0 Å². The molecule has 0 saturated heterocycles. The summed E-state index contributed by atoms with van der Waals surface area (Å²) in [5.41, 5.74) is 1.15. The van der Waals surface area contributed by atoms with E-state index in [1.165, 1.54) is 12.1 Å². The van der Waals surface area contributed by atoms with Gasteiger partial charge in [-0.3, -0.25) is 4.79 Å². The van der Waals surface area contributed by atoms with Gasteiger partial charge in [0.1, 0.15) is 17.3 Å². The molecule has 2 nitrogen and oxygen atoms in total. The van der Waals surface area contributed by atoms with Crippen LogP contribution in [0.4, 0.5) is 4.39 Å². The van der Waals surface area contributed by atoms with E-state index >= 15 is 0 Å². The molecule has 0 spiro atoms. The Morgan fingerprint density at radius 3 is 2.59 bits per heavy atom. The van der Waals surface area contributed by atoms with Gasteiger partial charge >= 0.3 is 0 Å². The third kappa shape index (κ3) is 2.50. The van der Waals surface area contributed by atoms with Gasteiger partial charge in [-0.2, -0.15) is 0 Å². The van der Waals surface area contributed by atoms with Crippen molar-refractivity contribution in [1.82, 2.24) is 0 Å². The largest absolute Gasteiger partial charge is 0.456 e. The molecular weight excluding hydrogens is 219 g/mol. The average molecular weight is 230 g/mol. The Morgan fingerprint density at radius 1 is 1.12 bits per heavy atom. The van der Waals surface area contributed by atoms with Crippen LogP contribution in [0.2, 0.25) is 0 Å². The summed E-state index contributed by atoms with van der Waals surface area (Å²) >= 11 is 0. The summed E-state index contributed by atoms with van der Waals surface area (Å²) in [5, 5.41) is 0. The fourth-order valence-corrected chi connectivity index (χ4v) is 1.52. The minimum absolute atomic E-state index is 0.307. The number of halogens is 1. The minimum Gasteiger partial charge on any atom is -0.456 e. The standard InChI is InChI=1S/C14H11FO2/c1-10-8-12(15)6-7-13(10)17-14-5-3-2-4-11(14)9-16/h2-9H,1H3. The lowest BCUT2D eigenvalue weighted by Gasteiger charge is -2.10. The van der Waals surface area contributed by atoms with Crippen molar-refractivity contribution < 1.29 is 13.9 Å². The third-order valence-electron chi connectivity index (χ3n) is 2.40. The van der Waals surface area contributed by atoms with E-state index in [2.05, 4.69) is 0 Å². The molecule has 0 saturated carbocycles. The molecule has 0 radical (unpaired) electrons. The van der Waals surface area contributed by atoms with E-state index in [-0.39, 0.29) is 5.82 Å². The Labute approximate surface area is 98.7 Å². The van der Waals surface area contributed by atoms with E-state index in [9.17, 15) is 9.18 Å². The summed E-state index contributed by atoms with van der Waals surface area (Å²) in [7, 11) is 0. The molecule has 0 amide bonds. The molecule has 0 N–H and O–H groups in total. The van der Waals surface area contributed by atoms with Crippen LogP contribution in [-0.4, -0.2) is 6.29 Å². The molecule has 0 heterocycles. The first-order valence-electron chi connectivity index (χ1n) is 5.19. The first kappa shape index (κ1) is 11.3. The molecule has 2 aromatic rings. The number of carbonyl (C=O) groups is 1. The minimum atomic E-state index is -0.307. The zero-order chi connectivity index (χ0) is 12.3. The van der Waals surface area contributed by atoms with Crippen LogP contribution in [-0.2, 0) is 0 Å². The van der Waals surface area contributed by atoms with E-state index < -0.39 is 0 Å². The molecule has 3 heteroatoms. The summed E-state index contributed by atoms with van der Waals surface area (Å²) in [6.45, 7) is 1.75. The van der Waals surface area contributed by atoms with Crippen molar-refractivity contribution in [1.29, 1.82) is 0 Å². The lowest BCUT2D eigenvalue weighted by molar-refractivity contribution is 0.112. The molecule has 0 aromatic heterocycles. The van der Waals surface area contributed by atoms with Crippen molar-refractivity contribution in [2.45, 2.75) is 6.92 Å². The van der Waals surface area contributed by atoms with Gasteiger partial charge in [0.15, 0.2) is 6.29 Å². The summed E-state index contributed by atoms with van der Waals surface area (Å²) in [4.78, 5) is 10.8. The van der Waals surface area contributed by atoms with E-state index in [1.807, 2.05) is 0 Å². The van der Waals surface area contributed by atoms with Crippen LogP contribution < -0.4 is 4.74 Å². The number of carbonyl (C=O) groups excluding carboxylic acids is 1. The number of ether oxygens (including phenoxy) is 1. The van der Waals surface area contributed by atoms with E-state index in [0.717, 1.165) is 6.29 Å². The SMILES string of the molecule is Cc1cc(F)ccc1Oc1ccccc1C=O. The highest BCUT2D eigenvalue weighted by Gasteiger charge is 2.06. The first-order valence-corrected chi connectivity index (χ1v) is 5.19. The maximum absolute atomic E-state index is 12.9. The van der Waals surface area contributed by atoms with E-state index in [0.29, 0.717) is 22.6 Å². The fraction of sp³-hybridized carbons (Fsp3) is 0.0714. The quantitative estimate of drug-likeness (QED) is 0.751.